The van der Waals surface area contributed by atoms with Crippen molar-refractivity contribution < 1.29 is 9.47 Å². The number of aliphatic imine (C=N–C) groups is 1. The Labute approximate surface area is 161 Å². The Morgan fingerprint density at radius 3 is 2.63 bits per heavy atom. The summed E-state index contributed by atoms with van der Waals surface area (Å²) in [5, 5.41) is 0. The highest BCUT2D eigenvalue weighted by molar-refractivity contribution is 5.81. The number of ether oxygens (including phenoxy) is 2. The zero-order chi connectivity index (χ0) is 19.2. The molecule has 4 rings (SSSR count). The number of hydrogen-bond donors (Lipinski definition) is 0. The van der Waals surface area contributed by atoms with Crippen molar-refractivity contribution in [3.8, 4) is 11.6 Å². The number of nitrogens with zero attached hydrogens (tertiary/aromatic N) is 3. The number of fused-ring (bicyclic) bond motifs is 1. The second-order valence-electron chi connectivity index (χ2n) is 9.06. The van der Waals surface area contributed by atoms with E-state index in [0.29, 0.717) is 12.5 Å². The minimum absolute atomic E-state index is 0.0503. The lowest BCUT2D eigenvalue weighted by atomic mass is 9.84. The first kappa shape index (κ1) is 18.0. The summed E-state index contributed by atoms with van der Waals surface area (Å²) in [5.41, 5.74) is 3.47. The van der Waals surface area contributed by atoms with E-state index in [-0.39, 0.29) is 17.1 Å². The van der Waals surface area contributed by atoms with Crippen LogP contribution in [0.3, 0.4) is 0 Å². The van der Waals surface area contributed by atoms with Crippen LogP contribution in [0.4, 0.5) is 5.69 Å². The van der Waals surface area contributed by atoms with Crippen LogP contribution in [-0.2, 0) is 11.3 Å². The van der Waals surface area contributed by atoms with Gasteiger partial charge < -0.3 is 14.4 Å². The van der Waals surface area contributed by atoms with Crippen molar-refractivity contribution in [1.29, 1.82) is 0 Å². The molecule has 1 atom stereocenters. The van der Waals surface area contributed by atoms with Gasteiger partial charge in [0.05, 0.1) is 36.5 Å². The molecule has 0 radical (unpaired) electrons. The number of pyridine rings is 1. The fraction of sp³-hybridized carbons (Fsp3) is 0.455. The summed E-state index contributed by atoms with van der Waals surface area (Å²) < 4.78 is 12.0. The van der Waals surface area contributed by atoms with Crippen LogP contribution >= 0.6 is 0 Å². The van der Waals surface area contributed by atoms with Crippen molar-refractivity contribution in [1.82, 2.24) is 4.98 Å². The molecular weight excluding hydrogens is 338 g/mol. The molecule has 5 nitrogen and oxygen atoms in total. The van der Waals surface area contributed by atoms with Crippen LogP contribution < -0.4 is 9.64 Å². The number of anilines is 1. The van der Waals surface area contributed by atoms with Crippen molar-refractivity contribution in [2.75, 3.05) is 11.4 Å². The first-order valence-corrected chi connectivity index (χ1v) is 9.42. The molecule has 5 heteroatoms. The van der Waals surface area contributed by atoms with Crippen LogP contribution in [0.5, 0.6) is 11.6 Å². The Bertz CT molecular complexity index is 866. The molecule has 0 aliphatic carbocycles. The molecule has 0 spiro atoms. The lowest BCUT2D eigenvalue weighted by molar-refractivity contribution is -0.00793. The van der Waals surface area contributed by atoms with E-state index in [4.69, 9.17) is 9.47 Å². The molecule has 3 heterocycles. The first-order valence-electron chi connectivity index (χ1n) is 9.42. The van der Waals surface area contributed by atoms with Crippen LogP contribution in [-0.4, -0.2) is 23.4 Å². The summed E-state index contributed by atoms with van der Waals surface area (Å²) >= 11 is 0. The Morgan fingerprint density at radius 2 is 2.00 bits per heavy atom. The highest BCUT2D eigenvalue weighted by Gasteiger charge is 2.33. The largest absolute Gasteiger partial charge is 0.439 e. The van der Waals surface area contributed by atoms with E-state index in [1.165, 1.54) is 11.1 Å². The molecule has 142 valence electrons. The molecule has 0 amide bonds. The summed E-state index contributed by atoms with van der Waals surface area (Å²) in [6.07, 6.45) is 3.80. The predicted molar refractivity (Wildman–Crippen MR) is 108 cm³/mol. The molecule has 0 bridgehead atoms. The minimum atomic E-state index is -0.0503. The van der Waals surface area contributed by atoms with Crippen molar-refractivity contribution in [3.05, 3.63) is 47.7 Å². The molecule has 1 aromatic carbocycles. The van der Waals surface area contributed by atoms with Gasteiger partial charge in [0, 0.05) is 12.6 Å². The van der Waals surface area contributed by atoms with Gasteiger partial charge in [-0.25, -0.2) is 4.98 Å². The minimum Gasteiger partial charge on any atom is -0.439 e. The average molecular weight is 365 g/mol. The van der Waals surface area contributed by atoms with Crippen molar-refractivity contribution in [2.24, 2.45) is 10.4 Å². The topological polar surface area (TPSA) is 47.0 Å². The van der Waals surface area contributed by atoms with E-state index in [1.54, 1.807) is 0 Å². The van der Waals surface area contributed by atoms with Gasteiger partial charge in [-0.2, -0.15) is 0 Å². The second-order valence-corrected chi connectivity index (χ2v) is 9.06. The SMILES string of the molecule is CC1(C)CN(c2ccc(Oc3ccc4c(c3)C(C(C)(C)C)OC4)nc2)C=N1. The maximum Gasteiger partial charge on any atom is 0.219 e. The Morgan fingerprint density at radius 1 is 1.19 bits per heavy atom. The summed E-state index contributed by atoms with van der Waals surface area (Å²) in [7, 11) is 0. The monoisotopic (exact) mass is 365 g/mol. The van der Waals surface area contributed by atoms with E-state index in [2.05, 4.69) is 61.6 Å². The maximum atomic E-state index is 6.00. The molecule has 1 aromatic heterocycles. The van der Waals surface area contributed by atoms with Gasteiger partial charge in [0.2, 0.25) is 5.88 Å². The zero-order valence-electron chi connectivity index (χ0n) is 16.7. The Kier molecular flexibility index (Phi) is 4.22. The molecule has 1 unspecified atom stereocenters. The number of hydrogen-bond acceptors (Lipinski definition) is 5. The van der Waals surface area contributed by atoms with Gasteiger partial charge in [0.1, 0.15) is 5.75 Å². The molecular formula is C22H27N3O2. The quantitative estimate of drug-likeness (QED) is 0.757. The predicted octanol–water partition coefficient (Wildman–Crippen LogP) is 5.12. The molecule has 0 saturated heterocycles. The molecule has 0 N–H and O–H groups in total. The van der Waals surface area contributed by atoms with E-state index in [9.17, 15) is 0 Å². The Balaban J connectivity index is 1.50. The maximum absolute atomic E-state index is 6.00. The molecule has 27 heavy (non-hydrogen) atoms. The lowest BCUT2D eigenvalue weighted by Gasteiger charge is -2.27. The average Bonchev–Trinajstić information content (AvgIpc) is 3.18. The van der Waals surface area contributed by atoms with Gasteiger partial charge in [0.25, 0.3) is 0 Å². The molecule has 2 aliphatic heterocycles. The van der Waals surface area contributed by atoms with Gasteiger partial charge in [-0.05, 0) is 48.6 Å². The smallest absolute Gasteiger partial charge is 0.219 e. The molecule has 2 aliphatic rings. The number of rotatable bonds is 3. The summed E-state index contributed by atoms with van der Waals surface area (Å²) in [5.74, 6) is 1.37. The van der Waals surface area contributed by atoms with Gasteiger partial charge in [-0.1, -0.05) is 26.8 Å². The second kappa shape index (κ2) is 6.34. The lowest BCUT2D eigenvalue weighted by Crippen LogP contribution is -2.28. The van der Waals surface area contributed by atoms with E-state index in [1.807, 2.05) is 30.7 Å². The fourth-order valence-electron chi connectivity index (χ4n) is 3.60. The van der Waals surface area contributed by atoms with Gasteiger partial charge >= 0.3 is 0 Å². The van der Waals surface area contributed by atoms with Crippen LogP contribution in [0.1, 0.15) is 51.8 Å². The summed E-state index contributed by atoms with van der Waals surface area (Å²) in [6.45, 7) is 12.4. The molecule has 0 fully saturated rings. The Hall–Kier alpha value is -2.40. The molecule has 2 aromatic rings. The van der Waals surface area contributed by atoms with Crippen LogP contribution in [0.2, 0.25) is 0 Å². The first-order chi connectivity index (χ1) is 12.7. The van der Waals surface area contributed by atoms with E-state index >= 15 is 0 Å². The van der Waals surface area contributed by atoms with Crippen molar-refractivity contribution >= 4 is 12.0 Å². The van der Waals surface area contributed by atoms with Crippen molar-refractivity contribution in [3.63, 3.8) is 0 Å². The van der Waals surface area contributed by atoms with E-state index < -0.39 is 0 Å². The fourth-order valence-corrected chi connectivity index (χ4v) is 3.60. The third-order valence-electron chi connectivity index (χ3n) is 4.97. The number of benzene rings is 1. The zero-order valence-corrected chi connectivity index (χ0v) is 16.7. The van der Waals surface area contributed by atoms with Crippen LogP contribution in [0.25, 0.3) is 0 Å². The third kappa shape index (κ3) is 3.69. The number of aromatic nitrogens is 1. The standard InChI is InChI=1S/C22H27N3O2/c1-21(2,3)20-18-10-17(8-6-15(18)12-26-20)27-19-9-7-16(11-23-19)25-13-22(4,5)24-14-25/h6-11,14,20H,12-13H2,1-5H3. The van der Waals surface area contributed by atoms with Crippen LogP contribution in [0.15, 0.2) is 41.5 Å². The third-order valence-corrected chi connectivity index (χ3v) is 4.97. The van der Waals surface area contributed by atoms with Crippen molar-refractivity contribution in [2.45, 2.75) is 52.9 Å². The molecule has 0 saturated carbocycles. The van der Waals surface area contributed by atoms with Gasteiger partial charge in [-0.15, -0.1) is 0 Å². The highest BCUT2D eigenvalue weighted by atomic mass is 16.5. The summed E-state index contributed by atoms with van der Waals surface area (Å²) in [4.78, 5) is 11.1. The normalized spacial score (nSPS) is 20.8. The van der Waals surface area contributed by atoms with Gasteiger partial charge in [-0.3, -0.25) is 4.99 Å². The highest BCUT2D eigenvalue weighted by Crippen LogP contribution is 2.44. The van der Waals surface area contributed by atoms with Gasteiger partial charge in [0.15, 0.2) is 0 Å². The van der Waals surface area contributed by atoms with Crippen LogP contribution in [0, 0.1) is 5.41 Å². The summed E-state index contributed by atoms with van der Waals surface area (Å²) in [6, 6.07) is 10.1. The van der Waals surface area contributed by atoms with E-state index in [0.717, 1.165) is 18.0 Å².